The number of nitrogens with two attached hydrogens (primary N) is 1. The van der Waals surface area contributed by atoms with Crippen molar-refractivity contribution in [3.8, 4) is 0 Å². The number of halogens is 1. The van der Waals surface area contributed by atoms with E-state index in [1.807, 2.05) is 19.9 Å². The average molecular weight is 159 g/mol. The van der Waals surface area contributed by atoms with Crippen LogP contribution in [-0.4, -0.2) is 4.98 Å². The molecule has 1 aromatic heterocycles. The van der Waals surface area contributed by atoms with E-state index in [0.717, 1.165) is 16.9 Å². The van der Waals surface area contributed by atoms with E-state index in [2.05, 4.69) is 4.98 Å². The molecule has 2 N–H and O–H groups in total. The van der Waals surface area contributed by atoms with Crippen LogP contribution >= 0.6 is 12.4 Å². The Labute approximate surface area is 66.9 Å². The first kappa shape index (κ1) is 9.24. The minimum Gasteiger partial charge on any atom is -0.398 e. The lowest BCUT2D eigenvalue weighted by molar-refractivity contribution is 1.15. The third-order valence-electron chi connectivity index (χ3n) is 1.50. The molecule has 0 aliphatic heterocycles. The van der Waals surface area contributed by atoms with Crippen LogP contribution in [0.1, 0.15) is 11.3 Å². The van der Waals surface area contributed by atoms with Crippen LogP contribution in [0.5, 0.6) is 0 Å². The first-order valence-electron chi connectivity index (χ1n) is 2.89. The number of hydrogen-bond donors (Lipinski definition) is 1. The minimum absolute atomic E-state index is 0. The second-order valence-corrected chi connectivity index (χ2v) is 2.11. The molecule has 0 aliphatic carbocycles. The Bertz CT molecular complexity index is 203. The van der Waals surface area contributed by atoms with Crippen LogP contribution < -0.4 is 5.73 Å². The third kappa shape index (κ3) is 1.61. The van der Waals surface area contributed by atoms with Crippen LogP contribution in [0.15, 0.2) is 12.3 Å². The smallest absolute Gasteiger partial charge is 0.0422 e. The van der Waals surface area contributed by atoms with Crippen LogP contribution in [-0.2, 0) is 0 Å². The van der Waals surface area contributed by atoms with E-state index in [0.29, 0.717) is 0 Å². The summed E-state index contributed by atoms with van der Waals surface area (Å²) in [5, 5.41) is 0. The third-order valence-corrected chi connectivity index (χ3v) is 1.50. The molecule has 3 heteroatoms. The number of rotatable bonds is 0. The zero-order valence-corrected chi connectivity index (χ0v) is 6.90. The van der Waals surface area contributed by atoms with Gasteiger partial charge in [-0.3, -0.25) is 4.98 Å². The Balaban J connectivity index is 0.000000810. The van der Waals surface area contributed by atoms with Gasteiger partial charge >= 0.3 is 0 Å². The number of aromatic nitrogens is 1. The van der Waals surface area contributed by atoms with Gasteiger partial charge in [0.15, 0.2) is 0 Å². The van der Waals surface area contributed by atoms with E-state index in [-0.39, 0.29) is 12.4 Å². The maximum atomic E-state index is 5.58. The molecule has 0 aromatic carbocycles. The summed E-state index contributed by atoms with van der Waals surface area (Å²) in [5.41, 5.74) is 8.49. The summed E-state index contributed by atoms with van der Waals surface area (Å²) < 4.78 is 0. The van der Waals surface area contributed by atoms with E-state index < -0.39 is 0 Å². The molecule has 0 aliphatic rings. The molecule has 0 unspecified atom stereocenters. The lowest BCUT2D eigenvalue weighted by atomic mass is 10.2. The zero-order chi connectivity index (χ0) is 6.85. The number of nitrogens with zero attached hydrogens (tertiary/aromatic N) is 1. The standard InChI is InChI=1S/C7H10N2.ClH/c1-5-6(2)9-4-3-7(5)8;/h3-4H,1-2H3,(H2,8,9);1H. The largest absolute Gasteiger partial charge is 0.398 e. The van der Waals surface area contributed by atoms with Crippen molar-refractivity contribution in [2.75, 3.05) is 5.73 Å². The predicted octanol–water partition coefficient (Wildman–Crippen LogP) is 1.70. The lowest BCUT2D eigenvalue weighted by Crippen LogP contribution is -1.93. The van der Waals surface area contributed by atoms with Gasteiger partial charge in [0, 0.05) is 17.6 Å². The highest BCUT2D eigenvalue weighted by molar-refractivity contribution is 5.85. The molecule has 0 spiro atoms. The second-order valence-electron chi connectivity index (χ2n) is 2.11. The van der Waals surface area contributed by atoms with Crippen molar-refractivity contribution in [1.82, 2.24) is 4.98 Å². The molecule has 56 valence electrons. The van der Waals surface area contributed by atoms with Crippen molar-refractivity contribution in [2.45, 2.75) is 13.8 Å². The Hall–Kier alpha value is -0.760. The summed E-state index contributed by atoms with van der Waals surface area (Å²) in [7, 11) is 0. The maximum Gasteiger partial charge on any atom is 0.0422 e. The van der Waals surface area contributed by atoms with Gasteiger partial charge < -0.3 is 5.73 Å². The Morgan fingerprint density at radius 2 is 2.00 bits per heavy atom. The van der Waals surface area contributed by atoms with E-state index in [1.54, 1.807) is 6.20 Å². The minimum atomic E-state index is 0. The van der Waals surface area contributed by atoms with Crippen molar-refractivity contribution < 1.29 is 0 Å². The lowest BCUT2D eigenvalue weighted by Gasteiger charge is -1.99. The van der Waals surface area contributed by atoms with Gasteiger partial charge in [0.05, 0.1) is 0 Å². The zero-order valence-electron chi connectivity index (χ0n) is 6.09. The van der Waals surface area contributed by atoms with Gasteiger partial charge in [-0.1, -0.05) is 0 Å². The Morgan fingerprint density at radius 1 is 1.40 bits per heavy atom. The highest BCUT2D eigenvalue weighted by Crippen LogP contribution is 2.10. The SMILES string of the molecule is Cc1nccc(N)c1C.Cl. The average Bonchev–Trinajstić information content (AvgIpc) is 1.83. The fraction of sp³-hybridized carbons (Fsp3) is 0.286. The summed E-state index contributed by atoms with van der Waals surface area (Å²) in [5.74, 6) is 0. The highest BCUT2D eigenvalue weighted by atomic mass is 35.5. The van der Waals surface area contributed by atoms with Gasteiger partial charge in [-0.25, -0.2) is 0 Å². The maximum absolute atomic E-state index is 5.58. The fourth-order valence-corrected chi connectivity index (χ4v) is 0.660. The molecular formula is C7H11ClN2. The first-order chi connectivity index (χ1) is 4.22. The normalized spacial score (nSPS) is 8.60. The molecule has 0 bridgehead atoms. The Kier molecular flexibility index (Phi) is 3.16. The molecule has 0 saturated carbocycles. The van der Waals surface area contributed by atoms with Crippen LogP contribution in [0.4, 0.5) is 5.69 Å². The van der Waals surface area contributed by atoms with Gasteiger partial charge in [-0.2, -0.15) is 0 Å². The molecule has 0 atom stereocenters. The molecule has 0 fully saturated rings. The van der Waals surface area contributed by atoms with Crippen molar-refractivity contribution in [3.63, 3.8) is 0 Å². The quantitative estimate of drug-likeness (QED) is 0.624. The number of nitrogen functional groups attached to an aromatic ring is 1. The molecule has 1 aromatic rings. The van der Waals surface area contributed by atoms with Gasteiger partial charge in [0.2, 0.25) is 0 Å². The van der Waals surface area contributed by atoms with Crippen LogP contribution in [0.3, 0.4) is 0 Å². The summed E-state index contributed by atoms with van der Waals surface area (Å²) in [4.78, 5) is 4.06. The number of anilines is 1. The van der Waals surface area contributed by atoms with Crippen molar-refractivity contribution in [1.29, 1.82) is 0 Å². The van der Waals surface area contributed by atoms with Gasteiger partial charge in [-0.05, 0) is 25.5 Å². The molecule has 0 saturated heterocycles. The van der Waals surface area contributed by atoms with Crippen LogP contribution in [0.25, 0.3) is 0 Å². The van der Waals surface area contributed by atoms with Crippen molar-refractivity contribution >= 4 is 18.1 Å². The second kappa shape index (κ2) is 3.42. The molecule has 1 heterocycles. The molecule has 0 radical (unpaired) electrons. The van der Waals surface area contributed by atoms with Crippen LogP contribution in [0, 0.1) is 13.8 Å². The fourth-order valence-electron chi connectivity index (χ4n) is 0.660. The molecule has 2 nitrogen and oxygen atoms in total. The van der Waals surface area contributed by atoms with Crippen LogP contribution in [0.2, 0.25) is 0 Å². The molecule has 10 heavy (non-hydrogen) atoms. The Morgan fingerprint density at radius 3 is 2.40 bits per heavy atom. The van der Waals surface area contributed by atoms with Gasteiger partial charge in [-0.15, -0.1) is 12.4 Å². The summed E-state index contributed by atoms with van der Waals surface area (Å²) in [6, 6.07) is 1.81. The number of hydrogen-bond acceptors (Lipinski definition) is 2. The van der Waals surface area contributed by atoms with Crippen molar-refractivity contribution in [2.24, 2.45) is 0 Å². The monoisotopic (exact) mass is 158 g/mol. The summed E-state index contributed by atoms with van der Waals surface area (Å²) in [6.07, 6.45) is 1.72. The molecular weight excluding hydrogens is 148 g/mol. The number of pyridine rings is 1. The summed E-state index contributed by atoms with van der Waals surface area (Å²) in [6.45, 7) is 3.92. The number of aryl methyl sites for hydroxylation is 1. The van der Waals surface area contributed by atoms with Crippen molar-refractivity contribution in [3.05, 3.63) is 23.5 Å². The molecule has 1 rings (SSSR count). The molecule has 0 amide bonds. The van der Waals surface area contributed by atoms with E-state index >= 15 is 0 Å². The highest BCUT2D eigenvalue weighted by Gasteiger charge is 1.94. The summed E-state index contributed by atoms with van der Waals surface area (Å²) >= 11 is 0. The first-order valence-corrected chi connectivity index (χ1v) is 2.89. The predicted molar refractivity (Wildman–Crippen MR) is 45.4 cm³/mol. The van der Waals surface area contributed by atoms with E-state index in [1.165, 1.54) is 0 Å². The van der Waals surface area contributed by atoms with Gasteiger partial charge in [0.25, 0.3) is 0 Å². The topological polar surface area (TPSA) is 38.9 Å². The van der Waals surface area contributed by atoms with E-state index in [4.69, 9.17) is 5.73 Å². The van der Waals surface area contributed by atoms with E-state index in [9.17, 15) is 0 Å². The van der Waals surface area contributed by atoms with Gasteiger partial charge in [0.1, 0.15) is 0 Å².